The highest BCUT2D eigenvalue weighted by molar-refractivity contribution is 5.86. The maximum Gasteiger partial charge on any atom is 0.374 e. The minimum absolute atomic E-state index is 0.194. The minimum Gasteiger partial charge on any atom is -0.475 e. The van der Waals surface area contributed by atoms with E-state index in [1.165, 1.54) is 6.07 Å². The number of benzene rings is 1. The van der Waals surface area contributed by atoms with Gasteiger partial charge in [0.05, 0.1) is 11.2 Å². The highest BCUT2D eigenvalue weighted by Crippen LogP contribution is 2.20. The van der Waals surface area contributed by atoms with Crippen LogP contribution in [0.3, 0.4) is 0 Å². The lowest BCUT2D eigenvalue weighted by atomic mass is 10.2. The molecule has 3 aromatic rings. The number of para-hydroxylation sites is 1. The first-order chi connectivity index (χ1) is 8.74. The molecule has 0 aliphatic heterocycles. The molecule has 0 saturated carbocycles. The van der Waals surface area contributed by atoms with E-state index in [9.17, 15) is 4.79 Å². The van der Waals surface area contributed by atoms with Gasteiger partial charge in [0.15, 0.2) is 0 Å². The Morgan fingerprint density at radius 1 is 1.11 bits per heavy atom. The number of aromatic nitrogens is 2. The van der Waals surface area contributed by atoms with E-state index in [2.05, 4.69) is 10.1 Å². The third-order valence-electron chi connectivity index (χ3n) is 2.58. The maximum absolute atomic E-state index is 10.7. The van der Waals surface area contributed by atoms with Crippen LogP contribution in [0.2, 0.25) is 0 Å². The van der Waals surface area contributed by atoms with Crippen LogP contribution in [0.4, 0.5) is 0 Å². The number of fused-ring (bicyclic) bond motifs is 1. The van der Waals surface area contributed by atoms with Gasteiger partial charge in [-0.1, -0.05) is 29.4 Å². The standard InChI is InChI=1S/C13H8N2O3/c16-13(17)12-7-11(15-18-12)10-6-5-8-3-1-2-4-9(8)14-10/h1-7H,(H,16,17). The van der Waals surface area contributed by atoms with Crippen molar-refractivity contribution in [2.24, 2.45) is 0 Å². The molecule has 88 valence electrons. The topological polar surface area (TPSA) is 76.2 Å². The van der Waals surface area contributed by atoms with Crippen LogP contribution < -0.4 is 0 Å². The summed E-state index contributed by atoms with van der Waals surface area (Å²) in [6.45, 7) is 0. The molecular formula is C13H8N2O3. The van der Waals surface area contributed by atoms with Gasteiger partial charge in [-0.3, -0.25) is 0 Å². The van der Waals surface area contributed by atoms with Crippen molar-refractivity contribution >= 4 is 16.9 Å². The van der Waals surface area contributed by atoms with Gasteiger partial charge in [-0.05, 0) is 12.1 Å². The lowest BCUT2D eigenvalue weighted by molar-refractivity contribution is 0.0652. The van der Waals surface area contributed by atoms with Crippen LogP contribution in [0.5, 0.6) is 0 Å². The van der Waals surface area contributed by atoms with Crippen LogP contribution in [-0.2, 0) is 0 Å². The number of carboxylic acids is 1. The van der Waals surface area contributed by atoms with Crippen LogP contribution in [0, 0.1) is 0 Å². The van der Waals surface area contributed by atoms with E-state index >= 15 is 0 Å². The van der Waals surface area contributed by atoms with E-state index in [1.807, 2.05) is 30.3 Å². The average Bonchev–Trinajstić information content (AvgIpc) is 2.88. The molecule has 0 atom stereocenters. The summed E-state index contributed by atoms with van der Waals surface area (Å²) in [4.78, 5) is 15.1. The second-order valence-corrected chi connectivity index (χ2v) is 3.77. The molecule has 5 heteroatoms. The zero-order valence-electron chi connectivity index (χ0n) is 9.20. The van der Waals surface area contributed by atoms with E-state index in [1.54, 1.807) is 6.07 Å². The van der Waals surface area contributed by atoms with Crippen molar-refractivity contribution in [1.29, 1.82) is 0 Å². The number of aromatic carboxylic acids is 1. The van der Waals surface area contributed by atoms with Gasteiger partial charge in [0.2, 0.25) is 5.76 Å². The third kappa shape index (κ3) is 1.71. The van der Waals surface area contributed by atoms with E-state index < -0.39 is 5.97 Å². The Morgan fingerprint density at radius 3 is 2.72 bits per heavy atom. The molecule has 18 heavy (non-hydrogen) atoms. The molecule has 0 bridgehead atoms. The summed E-state index contributed by atoms with van der Waals surface area (Å²) < 4.78 is 4.70. The highest BCUT2D eigenvalue weighted by Gasteiger charge is 2.13. The number of carbonyl (C=O) groups is 1. The van der Waals surface area contributed by atoms with Gasteiger partial charge in [0.1, 0.15) is 5.69 Å². The SMILES string of the molecule is O=C(O)c1cc(-c2ccc3ccccc3n2)no1. The first kappa shape index (κ1) is 10.5. The predicted octanol–water partition coefficient (Wildman–Crippen LogP) is 2.59. The Labute approximate surface area is 102 Å². The number of carboxylic acid groups (broad SMARTS) is 1. The fourth-order valence-corrected chi connectivity index (χ4v) is 1.71. The summed E-state index contributed by atoms with van der Waals surface area (Å²) >= 11 is 0. The molecule has 2 heterocycles. The Morgan fingerprint density at radius 2 is 1.94 bits per heavy atom. The van der Waals surface area contributed by atoms with Gasteiger partial charge in [0.25, 0.3) is 0 Å². The Kier molecular flexibility index (Phi) is 2.30. The minimum atomic E-state index is -1.14. The molecule has 0 aliphatic rings. The molecule has 0 spiro atoms. The molecule has 1 N–H and O–H groups in total. The van der Waals surface area contributed by atoms with Crippen molar-refractivity contribution in [2.45, 2.75) is 0 Å². The smallest absolute Gasteiger partial charge is 0.374 e. The normalized spacial score (nSPS) is 10.7. The van der Waals surface area contributed by atoms with Gasteiger partial charge >= 0.3 is 5.97 Å². The monoisotopic (exact) mass is 240 g/mol. The zero-order valence-corrected chi connectivity index (χ0v) is 9.20. The molecule has 0 aliphatic carbocycles. The third-order valence-corrected chi connectivity index (χ3v) is 2.58. The summed E-state index contributed by atoms with van der Waals surface area (Å²) in [6.07, 6.45) is 0. The van der Waals surface area contributed by atoms with Crippen LogP contribution in [-0.4, -0.2) is 21.2 Å². The van der Waals surface area contributed by atoms with E-state index in [-0.39, 0.29) is 5.76 Å². The number of hydrogen-bond acceptors (Lipinski definition) is 4. The molecular weight excluding hydrogens is 232 g/mol. The van der Waals surface area contributed by atoms with Crippen molar-refractivity contribution in [3.63, 3.8) is 0 Å². The van der Waals surface area contributed by atoms with E-state index in [0.717, 1.165) is 10.9 Å². The van der Waals surface area contributed by atoms with Crippen molar-refractivity contribution in [3.05, 3.63) is 48.2 Å². The Hall–Kier alpha value is -2.69. The van der Waals surface area contributed by atoms with Gasteiger partial charge in [-0.25, -0.2) is 9.78 Å². The molecule has 0 fully saturated rings. The zero-order chi connectivity index (χ0) is 12.5. The van der Waals surface area contributed by atoms with E-state index in [4.69, 9.17) is 9.63 Å². The molecule has 2 aromatic heterocycles. The molecule has 3 rings (SSSR count). The quantitative estimate of drug-likeness (QED) is 0.745. The lowest BCUT2D eigenvalue weighted by Crippen LogP contribution is -1.91. The van der Waals surface area contributed by atoms with Gasteiger partial charge in [-0.2, -0.15) is 0 Å². The average molecular weight is 240 g/mol. The number of rotatable bonds is 2. The van der Waals surface area contributed by atoms with Crippen molar-refractivity contribution in [1.82, 2.24) is 10.1 Å². The van der Waals surface area contributed by atoms with Crippen molar-refractivity contribution < 1.29 is 14.4 Å². The van der Waals surface area contributed by atoms with Crippen molar-refractivity contribution in [3.8, 4) is 11.4 Å². The predicted molar refractivity (Wildman–Crippen MR) is 64.2 cm³/mol. The van der Waals surface area contributed by atoms with Crippen molar-refractivity contribution in [2.75, 3.05) is 0 Å². The van der Waals surface area contributed by atoms with Crippen LogP contribution in [0.1, 0.15) is 10.6 Å². The van der Waals surface area contributed by atoms with Crippen LogP contribution in [0.25, 0.3) is 22.3 Å². The fourth-order valence-electron chi connectivity index (χ4n) is 1.71. The van der Waals surface area contributed by atoms with Gasteiger partial charge in [-0.15, -0.1) is 0 Å². The highest BCUT2D eigenvalue weighted by atomic mass is 16.5. The second-order valence-electron chi connectivity index (χ2n) is 3.77. The second kappa shape index (κ2) is 3.96. The molecule has 5 nitrogen and oxygen atoms in total. The fraction of sp³-hybridized carbons (Fsp3) is 0. The molecule has 0 saturated heterocycles. The number of nitrogens with zero attached hydrogens (tertiary/aromatic N) is 2. The summed E-state index contributed by atoms with van der Waals surface area (Å²) in [5.41, 5.74) is 1.83. The summed E-state index contributed by atoms with van der Waals surface area (Å²) in [5.74, 6) is -1.34. The number of pyridine rings is 1. The first-order valence-electron chi connectivity index (χ1n) is 5.30. The maximum atomic E-state index is 10.7. The molecule has 1 aromatic carbocycles. The van der Waals surface area contributed by atoms with Crippen LogP contribution in [0.15, 0.2) is 47.0 Å². The van der Waals surface area contributed by atoms with Gasteiger partial charge < -0.3 is 9.63 Å². The summed E-state index contributed by atoms with van der Waals surface area (Å²) in [5, 5.41) is 13.5. The molecule has 0 unspecified atom stereocenters. The van der Waals surface area contributed by atoms with Gasteiger partial charge in [0, 0.05) is 11.5 Å². The Balaban J connectivity index is 2.10. The molecule has 0 radical (unpaired) electrons. The number of hydrogen-bond donors (Lipinski definition) is 1. The lowest BCUT2D eigenvalue weighted by Gasteiger charge is -1.98. The molecule has 0 amide bonds. The van der Waals surface area contributed by atoms with Crippen LogP contribution >= 0.6 is 0 Å². The summed E-state index contributed by atoms with van der Waals surface area (Å²) in [6, 6.07) is 12.7. The summed E-state index contributed by atoms with van der Waals surface area (Å²) in [7, 11) is 0. The first-order valence-corrected chi connectivity index (χ1v) is 5.30. The Bertz CT molecular complexity index is 734. The largest absolute Gasteiger partial charge is 0.475 e. The van der Waals surface area contributed by atoms with E-state index in [0.29, 0.717) is 11.4 Å².